The minimum absolute atomic E-state index is 0.113. The lowest BCUT2D eigenvalue weighted by Gasteiger charge is -2.31. The van der Waals surface area contributed by atoms with Crippen molar-refractivity contribution in [2.45, 2.75) is 162 Å². The maximum Gasteiger partial charge on any atom is 0.164 e. The van der Waals surface area contributed by atoms with Crippen LogP contribution in [0.15, 0.2) is 96.5 Å². The quantitative estimate of drug-likeness (QED) is 0.0452. The predicted molar refractivity (Wildman–Crippen MR) is 399 cm³/mol. The molecule has 29 nitrogen and oxygen atoms in total. The SMILES string of the molecule is C=C1c2sccc2C=CN1[C@H]1CC(O)[C@@H](CO)O1.COc1cc(C#N)c(F)cc1[C@@H]1O[C@H](CO)C(O)[C@@H]1O.COc1cc(C#N)c(F)cc1[C@H]1CC(O)[C@@H](CO)O1.COc1cc(C)c(F)cc1[C@@H]1O[C@H](CO)C(O)[C@@H]1O.COc1cc(C)c(F)cc1[C@H]1CC(O)[C@@H](CO)O1.OC[C@H]1O[C@@H](n2ccc3ccsc3c2=S)[C@@H](O)C1O. The van der Waals surface area contributed by atoms with Crippen molar-refractivity contribution in [1.82, 2.24) is 9.47 Å². The number of rotatable bonds is 16. The van der Waals surface area contributed by atoms with Gasteiger partial charge in [-0.3, -0.25) is 0 Å². The standard InChI is InChI=1S/C13H14FNO5.C13H14FNO4.C13H17FO5.C13H17FO4.C13H15NO3S.C12H13NO4S2/c1-19-9-2-6(4-15)8(14)3-7(9)13-12(18)11(17)10(5-16)20-13;1-18-11-2-7(5-15)9(14)3-8(11)12-4-10(17)13(6-16)19-12;1-6-3-9(18-2)7(4-8(6)14)13-12(17)11(16)10(5-15)19-13;1-7-3-11(17-2)8(4-9(7)14)12-5-10(16)13(6-15)18-12;1-8-13-9(3-5-18-13)2-4-14(8)12-6-10(16)11(7-15)17-12;14-5-7-8(15)9(16)11(17-7)13-3-1-6-2-4-19-10(6)12(13)18/h2-3,10-13,16-18H,5H2,1H3;2-3,10,12-13,16-17H,4,6H2,1H3;3-4,10-13,15-17H,5H2,1-2H3;3-4,10,12-13,15-16H,5-6H2,1-2H3;2-5,10-12,15-16H,1,6-7H2;1-4,7-9,11,14-16H,5H2/t10-,11?,12+,13+;10?,12-,13-;10-,11?,12+,13+;10?,12-,13-;10?,11-,12-;7-,8?,9+,11-/m111111/s1. The highest BCUT2D eigenvalue weighted by atomic mass is 32.1. The molecule has 0 bridgehead atoms. The van der Waals surface area contributed by atoms with E-state index in [-0.39, 0.29) is 67.3 Å². The molecule has 0 amide bonds. The van der Waals surface area contributed by atoms with Gasteiger partial charge in [0, 0.05) is 66.0 Å². The number of ether oxygens (including phenoxy) is 10. The molecule has 0 radical (unpaired) electrons. The number of halogens is 4. The molecule has 36 heteroatoms. The van der Waals surface area contributed by atoms with Crippen molar-refractivity contribution in [1.29, 1.82) is 10.5 Å². The summed E-state index contributed by atoms with van der Waals surface area (Å²) in [6.07, 6.45) is -11.2. The fraction of sp³-hybridized carbons (Fsp3) is 0.468. The van der Waals surface area contributed by atoms with Crippen LogP contribution in [0, 0.1) is 64.4 Å². The number of pyridine rings is 1. The summed E-state index contributed by atoms with van der Waals surface area (Å²) in [7, 11) is 5.68. The Morgan fingerprint density at radius 1 is 0.496 bits per heavy atom. The summed E-state index contributed by atoms with van der Waals surface area (Å²) in [5.41, 5.74) is 4.12. The molecule has 6 unspecified atom stereocenters. The molecule has 14 rings (SSSR count). The molecule has 6 saturated heterocycles. The Morgan fingerprint density at radius 3 is 1.35 bits per heavy atom. The second-order valence-corrected chi connectivity index (χ2v) is 29.0. The molecule has 21 atom stereocenters. The lowest BCUT2D eigenvalue weighted by Crippen LogP contribution is -2.33. The van der Waals surface area contributed by atoms with Crippen molar-refractivity contribution >= 4 is 56.8 Å². The molecule has 6 fully saturated rings. The van der Waals surface area contributed by atoms with E-state index >= 15 is 0 Å². The zero-order chi connectivity index (χ0) is 82.6. The Hall–Kier alpha value is -7.75. The number of aromatic nitrogens is 1. The zero-order valence-corrected chi connectivity index (χ0v) is 64.2. The summed E-state index contributed by atoms with van der Waals surface area (Å²) in [4.78, 5) is 3.06. The van der Waals surface area contributed by atoms with Gasteiger partial charge in [-0.2, -0.15) is 10.5 Å². The molecule has 4 aromatic carbocycles. The maximum atomic E-state index is 13.7. The van der Waals surface area contributed by atoms with Gasteiger partial charge < -0.3 is 133 Å². The highest BCUT2D eigenvalue weighted by Crippen LogP contribution is 2.45. The van der Waals surface area contributed by atoms with E-state index in [1.165, 1.54) is 81.7 Å². The van der Waals surface area contributed by atoms with Gasteiger partial charge in [-0.05, 0) is 107 Å². The van der Waals surface area contributed by atoms with Gasteiger partial charge in [0.15, 0.2) is 6.23 Å². The number of nitrogens with zero attached hydrogens (tertiary/aromatic N) is 4. The molecule has 7 aliphatic rings. The van der Waals surface area contributed by atoms with E-state index in [4.69, 9.17) is 101 Å². The van der Waals surface area contributed by atoms with E-state index in [9.17, 15) is 63.5 Å². The number of fused-ring (bicyclic) bond motifs is 2. The number of aliphatic hydroxyl groups is 15. The number of thiophene rings is 2. The normalized spacial score (nSPS) is 29.2. The number of methoxy groups -OCH3 is 4. The van der Waals surface area contributed by atoms with Gasteiger partial charge in [-0.1, -0.05) is 18.8 Å². The third-order valence-electron chi connectivity index (χ3n) is 19.8. The predicted octanol–water partition coefficient (Wildman–Crippen LogP) is 4.89. The lowest BCUT2D eigenvalue weighted by molar-refractivity contribution is -0.0533. The van der Waals surface area contributed by atoms with Crippen molar-refractivity contribution < 1.29 is 142 Å². The number of hydrogen-bond donors (Lipinski definition) is 15. The van der Waals surface area contributed by atoms with Gasteiger partial charge in [-0.25, -0.2) is 17.6 Å². The molecule has 113 heavy (non-hydrogen) atoms. The third kappa shape index (κ3) is 19.9. The number of hydrogen-bond acceptors (Lipinski definition) is 31. The first kappa shape index (κ1) is 89.2. The second kappa shape index (κ2) is 40.2. The number of aliphatic hydroxyl groups excluding tert-OH is 15. The molecule has 3 aromatic heterocycles. The van der Waals surface area contributed by atoms with Crippen LogP contribution < -0.4 is 18.9 Å². The van der Waals surface area contributed by atoms with Crippen molar-refractivity contribution in [2.24, 2.45) is 0 Å². The van der Waals surface area contributed by atoms with E-state index in [0.717, 1.165) is 26.7 Å². The molecule has 0 spiro atoms. The summed E-state index contributed by atoms with van der Waals surface area (Å²) in [6.45, 7) is 5.37. The monoisotopic (exact) mass is 1640 g/mol. The van der Waals surface area contributed by atoms with Gasteiger partial charge in [-0.15, -0.1) is 22.7 Å². The van der Waals surface area contributed by atoms with Crippen LogP contribution in [-0.2, 0) is 28.4 Å². The average molecular weight is 1640 g/mol. The van der Waals surface area contributed by atoms with Crippen LogP contribution in [-0.4, -0.2) is 252 Å². The average Bonchev–Trinajstić information content (AvgIpc) is 1.67. The molecular weight excluding hydrogens is 1550 g/mol. The fourth-order valence-corrected chi connectivity index (χ4v) is 15.6. The first-order valence-electron chi connectivity index (χ1n) is 35.3. The van der Waals surface area contributed by atoms with Crippen LogP contribution in [0.1, 0.15) is 105 Å². The van der Waals surface area contributed by atoms with E-state index in [1.807, 2.05) is 40.1 Å². The Kier molecular flexibility index (Phi) is 31.7. The number of aryl methyl sites for hydroxylation is 2. The van der Waals surface area contributed by atoms with Gasteiger partial charge in [0.05, 0.1) is 125 Å². The fourth-order valence-electron chi connectivity index (χ4n) is 13.5. The Bertz CT molecular complexity index is 4570. The summed E-state index contributed by atoms with van der Waals surface area (Å²) in [5, 5.41) is 165. The zero-order valence-electron chi connectivity index (χ0n) is 61.7. The van der Waals surface area contributed by atoms with Gasteiger partial charge >= 0.3 is 0 Å². The number of nitriles is 2. The van der Waals surface area contributed by atoms with Crippen LogP contribution >= 0.6 is 34.9 Å². The van der Waals surface area contributed by atoms with Gasteiger partial charge in [0.1, 0.15) is 155 Å². The first-order valence-corrected chi connectivity index (χ1v) is 37.4. The molecular formula is C77H90F4N4O25S3. The topological polar surface area (TPSA) is 452 Å². The van der Waals surface area contributed by atoms with Crippen molar-refractivity contribution in [3.8, 4) is 35.1 Å². The van der Waals surface area contributed by atoms with Crippen molar-refractivity contribution in [3.05, 3.63) is 179 Å². The Balaban J connectivity index is 0.000000156. The minimum Gasteiger partial charge on any atom is -0.496 e. The van der Waals surface area contributed by atoms with E-state index < -0.39 is 153 Å². The van der Waals surface area contributed by atoms with Crippen LogP contribution in [0.5, 0.6) is 23.0 Å². The molecule has 614 valence electrons. The minimum atomic E-state index is -1.33. The Labute approximate surface area is 659 Å². The first-order chi connectivity index (χ1) is 54.0. The van der Waals surface area contributed by atoms with E-state index in [2.05, 4.69) is 12.6 Å². The van der Waals surface area contributed by atoms with Crippen LogP contribution in [0.3, 0.4) is 0 Å². The molecule has 0 aliphatic carbocycles. The summed E-state index contributed by atoms with van der Waals surface area (Å²) in [5.74, 6) is -0.834. The maximum absolute atomic E-state index is 13.7. The van der Waals surface area contributed by atoms with Gasteiger partial charge in [0.2, 0.25) is 0 Å². The van der Waals surface area contributed by atoms with E-state index in [0.29, 0.717) is 62.5 Å². The third-order valence-corrected chi connectivity index (χ3v) is 22.3. The highest BCUT2D eigenvalue weighted by molar-refractivity contribution is 7.71. The molecule has 0 saturated carbocycles. The largest absolute Gasteiger partial charge is 0.496 e. The smallest absolute Gasteiger partial charge is 0.164 e. The van der Waals surface area contributed by atoms with Gasteiger partial charge in [0.25, 0.3) is 0 Å². The Morgan fingerprint density at radius 2 is 0.903 bits per heavy atom. The molecule has 7 aliphatic heterocycles. The molecule has 15 N–H and O–H groups in total. The van der Waals surface area contributed by atoms with Crippen molar-refractivity contribution in [2.75, 3.05) is 68.1 Å². The van der Waals surface area contributed by atoms with Crippen molar-refractivity contribution in [3.63, 3.8) is 0 Å². The van der Waals surface area contributed by atoms with Crippen LogP contribution in [0.25, 0.3) is 21.9 Å². The number of benzene rings is 4. The summed E-state index contributed by atoms with van der Waals surface area (Å²) >= 11 is 8.55. The van der Waals surface area contributed by atoms with Crippen LogP contribution in [0.4, 0.5) is 17.6 Å². The lowest BCUT2D eigenvalue weighted by atomic mass is 9.99. The van der Waals surface area contributed by atoms with E-state index in [1.54, 1.807) is 54.2 Å². The van der Waals surface area contributed by atoms with Crippen LogP contribution in [0.2, 0.25) is 0 Å². The molecule has 7 aromatic rings. The summed E-state index contributed by atoms with van der Waals surface area (Å²) in [6, 6.07) is 19.7. The highest BCUT2D eigenvalue weighted by Gasteiger charge is 2.48. The summed E-state index contributed by atoms with van der Waals surface area (Å²) < 4.78 is 111. The second-order valence-electron chi connectivity index (χ2n) is 26.8. The molecule has 10 heterocycles.